The van der Waals surface area contributed by atoms with E-state index in [2.05, 4.69) is 15.3 Å². The van der Waals surface area contributed by atoms with Gasteiger partial charge in [-0.3, -0.25) is 4.79 Å². The van der Waals surface area contributed by atoms with Crippen molar-refractivity contribution in [3.8, 4) is 5.88 Å². The number of aromatic nitrogens is 2. The maximum atomic E-state index is 10.7. The summed E-state index contributed by atoms with van der Waals surface area (Å²) in [4.78, 5) is 18.4. The highest BCUT2D eigenvalue weighted by molar-refractivity contribution is 5.87. The topological polar surface area (TPSA) is 105 Å². The smallest absolute Gasteiger partial charge is 0.232 e. The first-order chi connectivity index (χ1) is 8.61. The highest BCUT2D eigenvalue weighted by Crippen LogP contribution is 2.07. The summed E-state index contributed by atoms with van der Waals surface area (Å²) in [6.07, 6.45) is 1.70. The molecule has 1 aromatic rings. The fraction of sp³-hybridized carbons (Fsp3) is 0.545. The first-order valence-corrected chi connectivity index (χ1v) is 5.63. The average Bonchev–Trinajstić information content (AvgIpc) is 2.39. The van der Waals surface area contributed by atoms with Crippen molar-refractivity contribution in [2.24, 2.45) is 0 Å². The van der Waals surface area contributed by atoms with Crippen LogP contribution in [0.3, 0.4) is 0 Å². The van der Waals surface area contributed by atoms with Crippen molar-refractivity contribution in [3.63, 3.8) is 0 Å². The number of anilines is 1. The van der Waals surface area contributed by atoms with Gasteiger partial charge in [0, 0.05) is 6.92 Å². The Morgan fingerprint density at radius 1 is 1.44 bits per heavy atom. The Kier molecular flexibility index (Phi) is 8.42. The second-order valence-electron chi connectivity index (χ2n) is 3.07. The third-order valence-corrected chi connectivity index (χ3v) is 1.57. The second-order valence-corrected chi connectivity index (χ2v) is 3.07. The molecule has 0 spiro atoms. The molecule has 1 amide bonds. The molecule has 0 aliphatic carbocycles. The van der Waals surface area contributed by atoms with Crippen LogP contribution in [0.25, 0.3) is 0 Å². The number of rotatable bonds is 5. The van der Waals surface area contributed by atoms with Gasteiger partial charge in [0.05, 0.1) is 19.0 Å². The molecule has 0 radical (unpaired) electrons. The van der Waals surface area contributed by atoms with Gasteiger partial charge in [-0.25, -0.2) is 9.97 Å². The van der Waals surface area contributed by atoms with Gasteiger partial charge in [-0.1, -0.05) is 13.8 Å². The van der Waals surface area contributed by atoms with Crippen LogP contribution in [0.4, 0.5) is 5.82 Å². The van der Waals surface area contributed by atoms with Gasteiger partial charge < -0.3 is 20.3 Å². The van der Waals surface area contributed by atoms with Crippen LogP contribution in [0.15, 0.2) is 12.4 Å². The number of aliphatic hydroxyl groups excluding tert-OH is 2. The summed E-state index contributed by atoms with van der Waals surface area (Å²) in [6.45, 7) is 4.92. The molecule has 1 rings (SSSR count). The van der Waals surface area contributed by atoms with Gasteiger partial charge in [0.15, 0.2) is 5.82 Å². The van der Waals surface area contributed by atoms with Crippen molar-refractivity contribution >= 4 is 11.7 Å². The summed E-state index contributed by atoms with van der Waals surface area (Å²) in [7, 11) is 0. The lowest BCUT2D eigenvalue weighted by atomic mass is 10.4. The molecule has 0 aromatic carbocycles. The van der Waals surface area contributed by atoms with Gasteiger partial charge in [-0.15, -0.1) is 0 Å². The number of nitrogens with one attached hydrogen (secondary N) is 1. The second kappa shape index (κ2) is 9.32. The van der Waals surface area contributed by atoms with E-state index in [1.165, 1.54) is 19.3 Å². The van der Waals surface area contributed by atoms with E-state index in [9.17, 15) is 4.79 Å². The Morgan fingerprint density at radius 3 is 2.56 bits per heavy atom. The summed E-state index contributed by atoms with van der Waals surface area (Å²) < 4.78 is 5.02. The van der Waals surface area contributed by atoms with Crippen LogP contribution in [0, 0.1) is 0 Å². The first kappa shape index (κ1) is 16.3. The van der Waals surface area contributed by atoms with E-state index < -0.39 is 6.10 Å². The van der Waals surface area contributed by atoms with E-state index in [4.69, 9.17) is 14.9 Å². The number of hydrogen-bond donors (Lipinski definition) is 3. The Balaban J connectivity index is 0.00000137. The van der Waals surface area contributed by atoms with Crippen LogP contribution in [0.2, 0.25) is 0 Å². The molecule has 0 saturated carbocycles. The van der Waals surface area contributed by atoms with Crippen LogP contribution in [-0.2, 0) is 4.79 Å². The van der Waals surface area contributed by atoms with Crippen LogP contribution in [0.1, 0.15) is 20.8 Å². The molecule has 0 aliphatic rings. The van der Waals surface area contributed by atoms with E-state index >= 15 is 0 Å². The largest absolute Gasteiger partial charge is 0.474 e. The zero-order valence-electron chi connectivity index (χ0n) is 10.8. The number of carbonyl (C=O) groups excluding carboxylic acids is 1. The quantitative estimate of drug-likeness (QED) is 0.695. The lowest BCUT2D eigenvalue weighted by molar-refractivity contribution is -0.114. The molecule has 1 unspecified atom stereocenters. The van der Waals surface area contributed by atoms with E-state index in [1.807, 2.05) is 13.8 Å². The number of amides is 1. The Bertz CT molecular complexity index is 343. The monoisotopic (exact) mass is 257 g/mol. The van der Waals surface area contributed by atoms with Gasteiger partial charge in [0.2, 0.25) is 11.8 Å². The van der Waals surface area contributed by atoms with Crippen LogP contribution in [-0.4, -0.2) is 45.4 Å². The Hall–Kier alpha value is -1.73. The highest BCUT2D eigenvalue weighted by atomic mass is 16.5. The SMILES string of the molecule is CC.CC(=O)Nc1cnc(OCC(O)CO)cn1. The summed E-state index contributed by atoms with van der Waals surface area (Å²) >= 11 is 0. The molecule has 18 heavy (non-hydrogen) atoms. The molecule has 3 N–H and O–H groups in total. The summed E-state index contributed by atoms with van der Waals surface area (Å²) in [6, 6.07) is 0. The minimum atomic E-state index is -0.947. The van der Waals surface area contributed by atoms with Crippen molar-refractivity contribution in [3.05, 3.63) is 12.4 Å². The third-order valence-electron chi connectivity index (χ3n) is 1.57. The average molecular weight is 257 g/mol. The normalized spacial score (nSPS) is 10.9. The van der Waals surface area contributed by atoms with Crippen LogP contribution >= 0.6 is 0 Å². The van der Waals surface area contributed by atoms with Crippen LogP contribution in [0.5, 0.6) is 5.88 Å². The summed E-state index contributed by atoms with van der Waals surface area (Å²) in [5.74, 6) is 0.294. The van der Waals surface area contributed by atoms with E-state index in [0.29, 0.717) is 5.82 Å². The molecule has 1 heterocycles. The zero-order valence-corrected chi connectivity index (χ0v) is 10.8. The minimum Gasteiger partial charge on any atom is -0.474 e. The number of hydrogen-bond acceptors (Lipinski definition) is 6. The van der Waals surface area contributed by atoms with Gasteiger partial charge >= 0.3 is 0 Å². The lowest BCUT2D eigenvalue weighted by Gasteiger charge is -2.08. The van der Waals surface area contributed by atoms with Gasteiger partial charge in [-0.2, -0.15) is 0 Å². The predicted octanol–water partition coefficient (Wildman–Crippen LogP) is 0.193. The lowest BCUT2D eigenvalue weighted by Crippen LogP contribution is -2.21. The van der Waals surface area contributed by atoms with Crippen molar-refractivity contribution in [2.75, 3.05) is 18.5 Å². The van der Waals surface area contributed by atoms with E-state index in [0.717, 1.165) is 0 Å². The molecule has 102 valence electrons. The third kappa shape index (κ3) is 6.77. The zero-order chi connectivity index (χ0) is 14.0. The van der Waals surface area contributed by atoms with Crippen LogP contribution < -0.4 is 10.1 Å². The number of carbonyl (C=O) groups is 1. The summed E-state index contributed by atoms with van der Waals surface area (Å²) in [5.41, 5.74) is 0. The molecule has 1 atom stereocenters. The molecular formula is C11H19N3O4. The standard InChI is InChI=1S/C9H13N3O4.C2H6/c1-6(14)12-8-2-11-9(3-10-8)16-5-7(15)4-13;1-2/h2-3,7,13,15H,4-5H2,1H3,(H,10,12,14);1-2H3. The first-order valence-electron chi connectivity index (χ1n) is 5.63. The van der Waals surface area contributed by atoms with Crippen molar-refractivity contribution in [1.82, 2.24) is 9.97 Å². The van der Waals surface area contributed by atoms with Gasteiger partial charge in [0.1, 0.15) is 12.7 Å². The van der Waals surface area contributed by atoms with Crippen molar-refractivity contribution < 1.29 is 19.7 Å². The maximum Gasteiger partial charge on any atom is 0.232 e. The number of ether oxygens (including phenoxy) is 1. The highest BCUT2D eigenvalue weighted by Gasteiger charge is 2.04. The Morgan fingerprint density at radius 2 is 2.11 bits per heavy atom. The minimum absolute atomic E-state index is 0.0648. The van der Waals surface area contributed by atoms with Gasteiger partial charge in [-0.05, 0) is 0 Å². The maximum absolute atomic E-state index is 10.7. The summed E-state index contributed by atoms with van der Waals surface area (Å²) in [5, 5.41) is 20.0. The van der Waals surface area contributed by atoms with E-state index in [-0.39, 0.29) is 25.0 Å². The Labute approximate surface area is 106 Å². The van der Waals surface area contributed by atoms with Gasteiger partial charge in [0.25, 0.3) is 0 Å². The molecule has 7 heteroatoms. The van der Waals surface area contributed by atoms with Crippen molar-refractivity contribution in [1.29, 1.82) is 0 Å². The van der Waals surface area contributed by atoms with Crippen molar-refractivity contribution in [2.45, 2.75) is 26.9 Å². The van der Waals surface area contributed by atoms with E-state index in [1.54, 1.807) is 0 Å². The fourth-order valence-corrected chi connectivity index (χ4v) is 0.870. The molecule has 0 bridgehead atoms. The fourth-order valence-electron chi connectivity index (χ4n) is 0.870. The molecule has 7 nitrogen and oxygen atoms in total. The number of nitrogens with zero attached hydrogens (tertiary/aromatic N) is 2. The molecular weight excluding hydrogens is 238 g/mol. The molecule has 0 aliphatic heterocycles. The molecule has 0 fully saturated rings. The molecule has 1 aromatic heterocycles. The molecule has 0 saturated heterocycles. The predicted molar refractivity (Wildman–Crippen MR) is 66.3 cm³/mol. The number of aliphatic hydroxyl groups is 2.